The van der Waals surface area contributed by atoms with Crippen LogP contribution in [0.25, 0.3) is 10.2 Å². The molecule has 3 atom stereocenters. The number of thiazole rings is 1. The quantitative estimate of drug-likeness (QED) is 0.558. The van der Waals surface area contributed by atoms with Crippen molar-refractivity contribution in [1.82, 2.24) is 15.2 Å². The largest absolute Gasteiger partial charge is 0.492 e. The highest BCUT2D eigenvalue weighted by Crippen LogP contribution is 2.36. The van der Waals surface area contributed by atoms with Crippen LogP contribution in [0.4, 0.5) is 4.39 Å². The normalized spacial score (nSPS) is 22.8. The molecule has 32 heavy (non-hydrogen) atoms. The van der Waals surface area contributed by atoms with Crippen LogP contribution in [0.3, 0.4) is 0 Å². The number of aromatic nitrogens is 1. The number of hydrogen-bond acceptors (Lipinski definition) is 6. The lowest BCUT2D eigenvalue weighted by Crippen LogP contribution is -2.51. The van der Waals surface area contributed by atoms with Crippen molar-refractivity contribution in [3.05, 3.63) is 48.3 Å². The molecule has 2 saturated heterocycles. The number of halogens is 1. The Kier molecular flexibility index (Phi) is 5.97. The molecule has 0 saturated carbocycles. The zero-order valence-electron chi connectivity index (χ0n) is 17.9. The first kappa shape index (κ1) is 21.2. The summed E-state index contributed by atoms with van der Waals surface area (Å²) in [7, 11) is 0. The standard InChI is InChI=1S/C24H26FN3O3S/c1-15(29)26-16-13-17-5-6-18(14-16)28(17)11-12-30-19-7-9-20(10-8-19)31-24-27-23-21(25)3-2-4-22(23)32-24/h2-4,7-10,16-18H,5-6,11-14H2,1H3,(H,26,29)/t16?,17-,18+. The highest BCUT2D eigenvalue weighted by molar-refractivity contribution is 7.20. The smallest absolute Gasteiger partial charge is 0.279 e. The Morgan fingerprint density at radius 3 is 2.56 bits per heavy atom. The monoisotopic (exact) mass is 455 g/mol. The number of hydrogen-bond donors (Lipinski definition) is 1. The molecule has 1 amide bonds. The van der Waals surface area contributed by atoms with E-state index in [1.807, 2.05) is 30.3 Å². The number of amides is 1. The van der Waals surface area contributed by atoms with Crippen molar-refractivity contribution in [3.63, 3.8) is 0 Å². The van der Waals surface area contributed by atoms with E-state index in [4.69, 9.17) is 9.47 Å². The molecule has 2 aromatic carbocycles. The van der Waals surface area contributed by atoms with Crippen LogP contribution in [0.5, 0.6) is 16.7 Å². The van der Waals surface area contributed by atoms with Gasteiger partial charge < -0.3 is 14.8 Å². The number of rotatable bonds is 7. The van der Waals surface area contributed by atoms with E-state index in [1.54, 1.807) is 13.0 Å². The summed E-state index contributed by atoms with van der Waals surface area (Å²) in [6, 6.07) is 13.7. The topological polar surface area (TPSA) is 63.7 Å². The SMILES string of the molecule is CC(=O)NC1C[C@H]2CC[C@@H](C1)N2CCOc1ccc(Oc2nc3c(F)cccc3s2)cc1. The van der Waals surface area contributed by atoms with Gasteiger partial charge in [-0.2, -0.15) is 4.98 Å². The van der Waals surface area contributed by atoms with Crippen LogP contribution in [-0.2, 0) is 4.79 Å². The molecule has 1 N–H and O–H groups in total. The fraction of sp³-hybridized carbons (Fsp3) is 0.417. The van der Waals surface area contributed by atoms with Crippen molar-refractivity contribution in [2.75, 3.05) is 13.2 Å². The molecule has 2 aliphatic rings. The van der Waals surface area contributed by atoms with Crippen LogP contribution in [0.15, 0.2) is 42.5 Å². The number of fused-ring (bicyclic) bond motifs is 3. The number of nitrogens with one attached hydrogen (secondary N) is 1. The van der Waals surface area contributed by atoms with Gasteiger partial charge in [0.1, 0.15) is 29.4 Å². The predicted molar refractivity (Wildman–Crippen MR) is 122 cm³/mol. The van der Waals surface area contributed by atoms with Gasteiger partial charge in [0.25, 0.3) is 5.19 Å². The maximum atomic E-state index is 13.8. The fourth-order valence-corrected chi connectivity index (χ4v) is 5.81. The minimum Gasteiger partial charge on any atom is -0.492 e. The minimum atomic E-state index is -0.342. The van der Waals surface area contributed by atoms with Crippen LogP contribution in [0.1, 0.15) is 32.6 Å². The van der Waals surface area contributed by atoms with E-state index in [9.17, 15) is 9.18 Å². The zero-order chi connectivity index (χ0) is 22.1. The summed E-state index contributed by atoms with van der Waals surface area (Å²) < 4.78 is 26.3. The fourth-order valence-electron chi connectivity index (χ4n) is 4.96. The van der Waals surface area contributed by atoms with Gasteiger partial charge in [-0.3, -0.25) is 9.69 Å². The Balaban J connectivity index is 1.12. The van der Waals surface area contributed by atoms with Crippen LogP contribution >= 0.6 is 11.3 Å². The van der Waals surface area contributed by atoms with E-state index < -0.39 is 0 Å². The minimum absolute atomic E-state index is 0.0638. The second kappa shape index (κ2) is 9.03. The van der Waals surface area contributed by atoms with Crippen LogP contribution in [0, 0.1) is 5.82 Å². The highest BCUT2D eigenvalue weighted by Gasteiger charge is 2.40. The van der Waals surface area contributed by atoms with E-state index in [0.717, 1.165) is 29.8 Å². The molecule has 2 fully saturated rings. The number of carbonyl (C=O) groups is 1. The van der Waals surface area contributed by atoms with E-state index in [1.165, 1.54) is 30.2 Å². The second-order valence-electron chi connectivity index (χ2n) is 8.48. The van der Waals surface area contributed by atoms with E-state index in [0.29, 0.717) is 41.2 Å². The number of piperidine rings is 1. The van der Waals surface area contributed by atoms with Crippen molar-refractivity contribution in [2.24, 2.45) is 0 Å². The third-order valence-corrected chi connectivity index (χ3v) is 7.19. The number of para-hydroxylation sites is 1. The molecule has 3 heterocycles. The van der Waals surface area contributed by atoms with Crippen LogP contribution in [0.2, 0.25) is 0 Å². The van der Waals surface area contributed by atoms with Crippen molar-refractivity contribution in [3.8, 4) is 16.7 Å². The first-order valence-corrected chi connectivity index (χ1v) is 11.9. The number of nitrogens with zero attached hydrogens (tertiary/aromatic N) is 2. The molecular weight excluding hydrogens is 429 g/mol. The van der Waals surface area contributed by atoms with Gasteiger partial charge in [0.15, 0.2) is 0 Å². The van der Waals surface area contributed by atoms with Crippen LogP contribution in [-0.4, -0.2) is 47.1 Å². The molecule has 8 heteroatoms. The lowest BCUT2D eigenvalue weighted by atomic mass is 9.97. The number of carbonyl (C=O) groups excluding carboxylic acids is 1. The summed E-state index contributed by atoms with van der Waals surface area (Å²) in [5, 5.41) is 3.50. The van der Waals surface area contributed by atoms with Crippen molar-refractivity contribution >= 4 is 27.5 Å². The van der Waals surface area contributed by atoms with Gasteiger partial charge in [0.05, 0.1) is 4.70 Å². The lowest BCUT2D eigenvalue weighted by Gasteiger charge is -2.39. The van der Waals surface area contributed by atoms with E-state index >= 15 is 0 Å². The summed E-state index contributed by atoms with van der Waals surface area (Å²) in [6.45, 7) is 3.10. The Morgan fingerprint density at radius 2 is 1.88 bits per heavy atom. The Bertz CT molecular complexity index is 1090. The average Bonchev–Trinajstić information content (AvgIpc) is 3.27. The zero-order valence-corrected chi connectivity index (χ0v) is 18.7. The average molecular weight is 456 g/mol. The van der Waals surface area contributed by atoms with Crippen molar-refractivity contribution in [1.29, 1.82) is 0 Å². The first-order chi connectivity index (χ1) is 15.5. The molecule has 0 radical (unpaired) electrons. The first-order valence-electron chi connectivity index (χ1n) is 11.0. The molecule has 2 bridgehead atoms. The number of benzene rings is 2. The van der Waals surface area contributed by atoms with E-state index in [2.05, 4.69) is 15.2 Å². The summed E-state index contributed by atoms with van der Waals surface area (Å²) >= 11 is 1.32. The van der Waals surface area contributed by atoms with Gasteiger partial charge >= 0.3 is 0 Å². The Morgan fingerprint density at radius 1 is 1.16 bits per heavy atom. The molecule has 168 valence electrons. The third-order valence-electron chi connectivity index (χ3n) is 6.29. The van der Waals surface area contributed by atoms with Gasteiger partial charge in [-0.05, 0) is 62.1 Å². The molecule has 3 aromatic rings. The summed E-state index contributed by atoms with van der Waals surface area (Å²) in [6.07, 6.45) is 4.44. The number of ether oxygens (including phenoxy) is 2. The molecule has 2 aliphatic heterocycles. The second-order valence-corrected chi connectivity index (χ2v) is 9.47. The molecular formula is C24H26FN3O3S. The van der Waals surface area contributed by atoms with E-state index in [-0.39, 0.29) is 11.7 Å². The van der Waals surface area contributed by atoms with Gasteiger partial charge in [-0.15, -0.1) is 0 Å². The van der Waals surface area contributed by atoms with Gasteiger partial charge in [0, 0.05) is 31.6 Å². The molecule has 1 unspecified atom stereocenters. The maximum absolute atomic E-state index is 13.8. The van der Waals surface area contributed by atoms with Gasteiger partial charge in [-0.1, -0.05) is 17.4 Å². The molecule has 5 rings (SSSR count). The summed E-state index contributed by atoms with van der Waals surface area (Å²) in [4.78, 5) is 18.1. The summed E-state index contributed by atoms with van der Waals surface area (Å²) in [5.41, 5.74) is 0.336. The van der Waals surface area contributed by atoms with Gasteiger partial charge in [-0.25, -0.2) is 4.39 Å². The van der Waals surface area contributed by atoms with Crippen molar-refractivity contribution in [2.45, 2.75) is 50.7 Å². The Hall–Kier alpha value is -2.71. The molecule has 0 aliphatic carbocycles. The third kappa shape index (κ3) is 4.56. The molecule has 6 nitrogen and oxygen atoms in total. The molecule has 1 aromatic heterocycles. The van der Waals surface area contributed by atoms with Gasteiger partial charge in [0.2, 0.25) is 5.91 Å². The highest BCUT2D eigenvalue weighted by atomic mass is 32.1. The van der Waals surface area contributed by atoms with Crippen molar-refractivity contribution < 1.29 is 18.7 Å². The Labute approximate surface area is 190 Å². The maximum Gasteiger partial charge on any atom is 0.279 e. The van der Waals surface area contributed by atoms with Crippen LogP contribution < -0.4 is 14.8 Å². The lowest BCUT2D eigenvalue weighted by molar-refractivity contribution is -0.120. The predicted octanol–water partition coefficient (Wildman–Crippen LogP) is 4.74. The molecule has 0 spiro atoms. The summed E-state index contributed by atoms with van der Waals surface area (Å²) in [5.74, 6) is 1.14.